The zero-order valence-electron chi connectivity index (χ0n) is 15.2. The number of carbonyl (C=O) groups excluding carboxylic acids is 1. The van der Waals surface area contributed by atoms with Gasteiger partial charge < -0.3 is 14.9 Å². The molecule has 2 heterocycles. The number of amides is 1. The molecular weight excluding hydrogens is 308 g/mol. The van der Waals surface area contributed by atoms with Crippen molar-refractivity contribution in [3.63, 3.8) is 0 Å². The SMILES string of the molecule is CCC1CN(C(CC)C(=O)Nc2cc(C)on2)CCN1CC(C)O. The average Bonchev–Trinajstić information content (AvgIpc) is 2.93. The number of aromatic nitrogens is 1. The summed E-state index contributed by atoms with van der Waals surface area (Å²) in [5, 5.41) is 16.3. The van der Waals surface area contributed by atoms with Crippen molar-refractivity contribution < 1.29 is 14.4 Å². The molecule has 1 aliphatic heterocycles. The second-order valence-corrected chi connectivity index (χ2v) is 6.64. The third-order valence-electron chi connectivity index (χ3n) is 4.62. The molecule has 1 saturated heterocycles. The van der Waals surface area contributed by atoms with Crippen LogP contribution in [0.5, 0.6) is 0 Å². The molecule has 0 saturated carbocycles. The maximum Gasteiger partial charge on any atom is 0.242 e. The zero-order valence-corrected chi connectivity index (χ0v) is 15.2. The van der Waals surface area contributed by atoms with E-state index in [1.807, 2.05) is 13.8 Å². The summed E-state index contributed by atoms with van der Waals surface area (Å²) in [4.78, 5) is 17.2. The molecule has 7 heteroatoms. The topological polar surface area (TPSA) is 81.8 Å². The van der Waals surface area contributed by atoms with Gasteiger partial charge in [0.05, 0.1) is 12.1 Å². The van der Waals surface area contributed by atoms with Gasteiger partial charge in [-0.3, -0.25) is 14.6 Å². The number of anilines is 1. The van der Waals surface area contributed by atoms with Crippen LogP contribution in [-0.2, 0) is 4.79 Å². The van der Waals surface area contributed by atoms with Crippen LogP contribution < -0.4 is 5.32 Å². The Morgan fingerprint density at radius 2 is 2.25 bits per heavy atom. The van der Waals surface area contributed by atoms with E-state index in [1.165, 1.54) is 0 Å². The number of hydrogen-bond acceptors (Lipinski definition) is 6. The van der Waals surface area contributed by atoms with Crippen LogP contribution in [0.4, 0.5) is 5.82 Å². The van der Waals surface area contributed by atoms with E-state index in [0.29, 0.717) is 24.2 Å². The van der Waals surface area contributed by atoms with Gasteiger partial charge in [-0.15, -0.1) is 0 Å². The number of aliphatic hydroxyl groups excluding tert-OH is 1. The van der Waals surface area contributed by atoms with E-state index in [9.17, 15) is 9.90 Å². The Balaban J connectivity index is 1.98. The van der Waals surface area contributed by atoms with Crippen molar-refractivity contribution in [2.75, 3.05) is 31.5 Å². The Morgan fingerprint density at radius 1 is 1.50 bits per heavy atom. The van der Waals surface area contributed by atoms with E-state index in [-0.39, 0.29) is 18.1 Å². The van der Waals surface area contributed by atoms with Crippen LogP contribution in [0, 0.1) is 6.92 Å². The highest BCUT2D eigenvalue weighted by Gasteiger charge is 2.32. The third kappa shape index (κ3) is 4.78. The highest BCUT2D eigenvalue weighted by Crippen LogP contribution is 2.18. The second-order valence-electron chi connectivity index (χ2n) is 6.64. The lowest BCUT2D eigenvalue weighted by Crippen LogP contribution is -2.58. The molecule has 1 aliphatic rings. The first kappa shape index (κ1) is 18.9. The van der Waals surface area contributed by atoms with Gasteiger partial charge in [0.15, 0.2) is 5.82 Å². The highest BCUT2D eigenvalue weighted by atomic mass is 16.5. The fourth-order valence-electron chi connectivity index (χ4n) is 3.41. The monoisotopic (exact) mass is 338 g/mol. The molecule has 1 amide bonds. The molecule has 3 atom stereocenters. The van der Waals surface area contributed by atoms with Gasteiger partial charge in [-0.05, 0) is 26.7 Å². The number of piperazine rings is 1. The Hall–Kier alpha value is -1.44. The van der Waals surface area contributed by atoms with E-state index < -0.39 is 0 Å². The smallest absolute Gasteiger partial charge is 0.242 e. The number of carbonyl (C=O) groups is 1. The lowest BCUT2D eigenvalue weighted by molar-refractivity contribution is -0.123. The van der Waals surface area contributed by atoms with Crippen LogP contribution in [0.2, 0.25) is 0 Å². The van der Waals surface area contributed by atoms with Crippen LogP contribution in [0.15, 0.2) is 10.6 Å². The van der Waals surface area contributed by atoms with Gasteiger partial charge in [0.25, 0.3) is 0 Å². The first-order chi connectivity index (χ1) is 11.4. The van der Waals surface area contributed by atoms with Crippen LogP contribution in [-0.4, -0.2) is 70.3 Å². The molecule has 1 aromatic rings. The van der Waals surface area contributed by atoms with Gasteiger partial charge in [0.1, 0.15) is 5.76 Å². The summed E-state index contributed by atoms with van der Waals surface area (Å²) in [6, 6.07) is 1.91. The van der Waals surface area contributed by atoms with Crippen molar-refractivity contribution in [3.05, 3.63) is 11.8 Å². The summed E-state index contributed by atoms with van der Waals surface area (Å²) < 4.78 is 5.00. The molecule has 136 valence electrons. The summed E-state index contributed by atoms with van der Waals surface area (Å²) in [5.41, 5.74) is 0. The third-order valence-corrected chi connectivity index (χ3v) is 4.62. The summed E-state index contributed by atoms with van der Waals surface area (Å²) in [5.74, 6) is 1.11. The summed E-state index contributed by atoms with van der Waals surface area (Å²) in [6.45, 7) is 11.0. The molecule has 0 radical (unpaired) electrons. The molecule has 1 fully saturated rings. The zero-order chi connectivity index (χ0) is 17.7. The van der Waals surface area contributed by atoms with Crippen LogP contribution in [0.3, 0.4) is 0 Å². The standard InChI is InChI=1S/C17H30N4O3/c1-5-14-11-21(8-7-20(14)10-12(3)22)15(6-2)17(23)18-16-9-13(4)24-19-16/h9,12,14-15,22H,5-8,10-11H2,1-4H3,(H,18,19,23). The normalized spacial score (nSPS) is 22.3. The first-order valence-electron chi connectivity index (χ1n) is 8.84. The van der Waals surface area contributed by atoms with Gasteiger partial charge in [-0.25, -0.2) is 0 Å². The van der Waals surface area contributed by atoms with Crippen molar-refractivity contribution in [3.8, 4) is 0 Å². The maximum absolute atomic E-state index is 12.6. The fraction of sp³-hybridized carbons (Fsp3) is 0.765. The molecule has 2 N–H and O–H groups in total. The van der Waals surface area contributed by atoms with E-state index in [1.54, 1.807) is 13.0 Å². The molecule has 0 spiro atoms. The van der Waals surface area contributed by atoms with Crippen molar-refractivity contribution in [1.82, 2.24) is 15.0 Å². The highest BCUT2D eigenvalue weighted by molar-refractivity contribution is 5.94. The van der Waals surface area contributed by atoms with Crippen molar-refractivity contribution in [1.29, 1.82) is 0 Å². The molecule has 7 nitrogen and oxygen atoms in total. The van der Waals surface area contributed by atoms with Crippen molar-refractivity contribution >= 4 is 11.7 Å². The Labute approximate surface area is 144 Å². The Morgan fingerprint density at radius 3 is 2.79 bits per heavy atom. The number of hydrogen-bond donors (Lipinski definition) is 2. The Kier molecular flexibility index (Phi) is 6.77. The van der Waals surface area contributed by atoms with Gasteiger partial charge in [0.2, 0.25) is 5.91 Å². The van der Waals surface area contributed by atoms with Crippen LogP contribution >= 0.6 is 0 Å². The lowest BCUT2D eigenvalue weighted by Gasteiger charge is -2.44. The van der Waals surface area contributed by atoms with Gasteiger partial charge >= 0.3 is 0 Å². The quantitative estimate of drug-likeness (QED) is 0.784. The second kappa shape index (κ2) is 8.60. The van der Waals surface area contributed by atoms with E-state index >= 15 is 0 Å². The predicted molar refractivity (Wildman–Crippen MR) is 92.9 cm³/mol. The van der Waals surface area contributed by atoms with Gasteiger partial charge in [-0.2, -0.15) is 0 Å². The minimum Gasteiger partial charge on any atom is -0.392 e. The molecule has 1 aromatic heterocycles. The minimum atomic E-state index is -0.328. The van der Waals surface area contributed by atoms with E-state index in [2.05, 4.69) is 27.2 Å². The molecule has 24 heavy (non-hydrogen) atoms. The van der Waals surface area contributed by atoms with E-state index in [4.69, 9.17) is 4.52 Å². The number of aliphatic hydroxyl groups is 1. The number of rotatable bonds is 7. The molecular formula is C17H30N4O3. The Bertz CT molecular complexity index is 532. The van der Waals surface area contributed by atoms with Gasteiger partial charge in [0, 0.05) is 38.3 Å². The lowest BCUT2D eigenvalue weighted by atomic mass is 10.0. The van der Waals surface area contributed by atoms with Crippen LogP contribution in [0.25, 0.3) is 0 Å². The van der Waals surface area contributed by atoms with Crippen molar-refractivity contribution in [2.24, 2.45) is 0 Å². The maximum atomic E-state index is 12.6. The predicted octanol–water partition coefficient (Wildman–Crippen LogP) is 1.48. The summed E-state index contributed by atoms with van der Waals surface area (Å²) >= 11 is 0. The molecule has 3 unspecified atom stereocenters. The van der Waals surface area contributed by atoms with Crippen molar-refractivity contribution in [2.45, 2.75) is 58.7 Å². The molecule has 0 aliphatic carbocycles. The molecule has 0 aromatic carbocycles. The summed E-state index contributed by atoms with van der Waals surface area (Å²) in [7, 11) is 0. The average molecular weight is 338 g/mol. The number of nitrogens with one attached hydrogen (secondary N) is 1. The molecule has 0 bridgehead atoms. The first-order valence-corrected chi connectivity index (χ1v) is 8.84. The minimum absolute atomic E-state index is 0.0374. The number of β-amino-alcohol motifs (C(OH)–C–C–N with tert-alkyl or cyclic N) is 1. The number of nitrogens with zero attached hydrogens (tertiary/aromatic N) is 3. The van der Waals surface area contributed by atoms with E-state index in [0.717, 1.165) is 32.5 Å². The van der Waals surface area contributed by atoms with Gasteiger partial charge in [-0.1, -0.05) is 19.0 Å². The fourth-order valence-corrected chi connectivity index (χ4v) is 3.41. The molecule has 2 rings (SSSR count). The number of aryl methyl sites for hydroxylation is 1. The van der Waals surface area contributed by atoms with Crippen LogP contribution in [0.1, 0.15) is 39.4 Å². The largest absolute Gasteiger partial charge is 0.392 e. The summed E-state index contributed by atoms with van der Waals surface area (Å²) in [6.07, 6.45) is 1.42.